The number of methoxy groups -OCH3 is 1. The van der Waals surface area contributed by atoms with Crippen molar-refractivity contribution in [1.82, 2.24) is 9.29 Å². The van der Waals surface area contributed by atoms with Crippen LogP contribution in [0.5, 0.6) is 0 Å². The molecule has 3 rings (SSSR count). The molecule has 0 atom stereocenters. The second-order valence-electron chi connectivity index (χ2n) is 4.97. The molecule has 1 aromatic heterocycles. The molecule has 0 radical (unpaired) electrons. The highest BCUT2D eigenvalue weighted by Gasteiger charge is 2.53. The van der Waals surface area contributed by atoms with Gasteiger partial charge in [0.25, 0.3) is 0 Å². The molecule has 0 bridgehead atoms. The van der Waals surface area contributed by atoms with Gasteiger partial charge in [-0.25, -0.2) is 18.0 Å². The lowest BCUT2D eigenvalue weighted by atomic mass is 9.98. The number of nitrogens with zero attached hydrogens (tertiary/aromatic N) is 1. The Morgan fingerprint density at radius 1 is 1.45 bits per heavy atom. The van der Waals surface area contributed by atoms with Gasteiger partial charge in [0, 0.05) is 0 Å². The molecule has 10 heteroatoms. The van der Waals surface area contributed by atoms with E-state index in [1.54, 1.807) is 0 Å². The minimum Gasteiger partial charge on any atom is -0.467 e. The van der Waals surface area contributed by atoms with Gasteiger partial charge >= 0.3 is 11.7 Å². The van der Waals surface area contributed by atoms with Crippen LogP contribution in [-0.4, -0.2) is 54.6 Å². The Labute approximate surface area is 124 Å². The first kappa shape index (κ1) is 14.8. The van der Waals surface area contributed by atoms with Crippen molar-refractivity contribution in [1.29, 1.82) is 0 Å². The molecule has 0 unspecified atom stereocenters. The molecule has 22 heavy (non-hydrogen) atoms. The van der Waals surface area contributed by atoms with Gasteiger partial charge in [0.05, 0.1) is 30.6 Å². The van der Waals surface area contributed by atoms with Crippen molar-refractivity contribution >= 4 is 27.1 Å². The maximum atomic E-state index is 12.4. The standard InChI is InChI=1S/C12H12N2O7S/c1-20-10(15)12(17)5-14(6-12)22(18,19)7-2-3-9-8(4-7)13-11(16)21-9/h2-4,17H,5-6H2,1H3,(H,13,16). The van der Waals surface area contributed by atoms with Crippen molar-refractivity contribution in [3.05, 3.63) is 28.7 Å². The first-order chi connectivity index (χ1) is 10.3. The van der Waals surface area contributed by atoms with E-state index in [1.165, 1.54) is 18.2 Å². The summed E-state index contributed by atoms with van der Waals surface area (Å²) < 4.78 is 35.0. The minimum absolute atomic E-state index is 0.0797. The fourth-order valence-electron chi connectivity index (χ4n) is 2.27. The van der Waals surface area contributed by atoms with Gasteiger partial charge in [0.2, 0.25) is 10.0 Å². The third-order valence-electron chi connectivity index (χ3n) is 3.47. The molecular formula is C12H12N2O7S. The Balaban J connectivity index is 1.90. The summed E-state index contributed by atoms with van der Waals surface area (Å²) in [5.41, 5.74) is -1.34. The first-order valence-electron chi connectivity index (χ1n) is 6.20. The smallest absolute Gasteiger partial charge is 0.417 e. The molecule has 2 heterocycles. The maximum Gasteiger partial charge on any atom is 0.417 e. The molecule has 1 saturated heterocycles. The number of rotatable bonds is 3. The highest BCUT2D eigenvalue weighted by Crippen LogP contribution is 2.29. The molecule has 9 nitrogen and oxygen atoms in total. The summed E-state index contributed by atoms with van der Waals surface area (Å²) in [4.78, 5) is 24.7. The Hall–Kier alpha value is -2.17. The lowest BCUT2D eigenvalue weighted by molar-refractivity contribution is -0.174. The van der Waals surface area contributed by atoms with E-state index in [-0.39, 0.29) is 29.1 Å². The van der Waals surface area contributed by atoms with Crippen LogP contribution >= 0.6 is 0 Å². The van der Waals surface area contributed by atoms with E-state index < -0.39 is 27.3 Å². The summed E-state index contributed by atoms with van der Waals surface area (Å²) in [6, 6.07) is 3.89. The van der Waals surface area contributed by atoms with Crippen LogP contribution in [0.2, 0.25) is 0 Å². The minimum atomic E-state index is -3.90. The number of β-amino-alcohol motifs (C(OH)–C–C–N with tert-alkyl or cyclic N) is 1. The fourth-order valence-corrected chi connectivity index (χ4v) is 3.84. The van der Waals surface area contributed by atoms with E-state index in [1.807, 2.05) is 0 Å². The normalized spacial score (nSPS) is 18.1. The second kappa shape index (κ2) is 4.66. The number of aromatic amines is 1. The Morgan fingerprint density at radius 3 is 2.77 bits per heavy atom. The van der Waals surface area contributed by atoms with Gasteiger partial charge in [-0.05, 0) is 18.2 Å². The molecule has 2 aromatic rings. The summed E-state index contributed by atoms with van der Waals surface area (Å²) in [6.45, 7) is -0.774. The van der Waals surface area contributed by atoms with Crippen LogP contribution in [0, 0.1) is 0 Å². The molecule has 1 aliphatic rings. The Morgan fingerprint density at radius 2 is 2.14 bits per heavy atom. The van der Waals surface area contributed by atoms with E-state index in [0.717, 1.165) is 11.4 Å². The molecule has 1 aliphatic heterocycles. The highest BCUT2D eigenvalue weighted by atomic mass is 32.2. The Bertz CT molecular complexity index is 905. The van der Waals surface area contributed by atoms with Gasteiger partial charge in [0.1, 0.15) is 0 Å². The monoisotopic (exact) mass is 328 g/mol. The van der Waals surface area contributed by atoms with Crippen molar-refractivity contribution in [3.8, 4) is 0 Å². The number of aliphatic hydroxyl groups is 1. The zero-order chi connectivity index (χ0) is 16.1. The topological polar surface area (TPSA) is 130 Å². The van der Waals surface area contributed by atoms with Crippen molar-refractivity contribution in [2.45, 2.75) is 10.5 Å². The molecule has 1 aromatic carbocycles. The molecule has 0 aliphatic carbocycles. The van der Waals surface area contributed by atoms with Gasteiger partial charge < -0.3 is 14.3 Å². The lowest BCUT2D eigenvalue weighted by Gasteiger charge is -2.42. The molecule has 0 spiro atoms. The maximum absolute atomic E-state index is 12.4. The zero-order valence-electron chi connectivity index (χ0n) is 11.4. The summed E-state index contributed by atoms with van der Waals surface area (Å²) in [6.07, 6.45) is 0. The predicted molar refractivity (Wildman–Crippen MR) is 72.6 cm³/mol. The van der Waals surface area contributed by atoms with Crippen LogP contribution in [0.3, 0.4) is 0 Å². The van der Waals surface area contributed by atoms with Gasteiger partial charge in [-0.3, -0.25) is 4.98 Å². The van der Waals surface area contributed by atoms with Crippen LogP contribution in [0.25, 0.3) is 11.1 Å². The number of sulfonamides is 1. The van der Waals surface area contributed by atoms with E-state index in [0.29, 0.717) is 0 Å². The second-order valence-corrected chi connectivity index (χ2v) is 6.91. The third-order valence-corrected chi connectivity index (χ3v) is 5.26. The molecule has 2 N–H and O–H groups in total. The van der Waals surface area contributed by atoms with Crippen LogP contribution in [-0.2, 0) is 19.6 Å². The van der Waals surface area contributed by atoms with Crippen molar-refractivity contribution in [3.63, 3.8) is 0 Å². The average molecular weight is 328 g/mol. The number of ether oxygens (including phenoxy) is 1. The number of oxazole rings is 1. The SMILES string of the molecule is COC(=O)C1(O)CN(S(=O)(=O)c2ccc3oc(=O)[nH]c3c2)C1. The number of hydrogen-bond donors (Lipinski definition) is 2. The summed E-state index contributed by atoms with van der Waals surface area (Å²) in [5.74, 6) is -1.57. The van der Waals surface area contributed by atoms with E-state index in [9.17, 15) is 23.1 Å². The van der Waals surface area contributed by atoms with Crippen molar-refractivity contribution < 1.29 is 27.5 Å². The predicted octanol–water partition coefficient (Wildman–Crippen LogP) is -0.971. The first-order valence-corrected chi connectivity index (χ1v) is 7.64. The van der Waals surface area contributed by atoms with Gasteiger partial charge in [-0.15, -0.1) is 0 Å². The Kier molecular flexibility index (Phi) is 3.13. The molecule has 0 saturated carbocycles. The molecule has 0 amide bonds. The third kappa shape index (κ3) is 2.12. The van der Waals surface area contributed by atoms with Crippen LogP contribution < -0.4 is 5.76 Å². The van der Waals surface area contributed by atoms with Crippen LogP contribution in [0.1, 0.15) is 0 Å². The number of esters is 1. The van der Waals surface area contributed by atoms with Crippen molar-refractivity contribution in [2.75, 3.05) is 20.2 Å². The number of carbonyl (C=O) groups is 1. The number of H-pyrrole nitrogens is 1. The van der Waals surface area contributed by atoms with E-state index >= 15 is 0 Å². The summed E-state index contributed by atoms with van der Waals surface area (Å²) >= 11 is 0. The van der Waals surface area contributed by atoms with Crippen molar-refractivity contribution in [2.24, 2.45) is 0 Å². The lowest BCUT2D eigenvalue weighted by Crippen LogP contribution is -2.67. The van der Waals surface area contributed by atoms with E-state index in [4.69, 9.17) is 4.42 Å². The zero-order valence-corrected chi connectivity index (χ0v) is 12.2. The van der Waals surface area contributed by atoms with Crippen LogP contribution in [0.4, 0.5) is 0 Å². The van der Waals surface area contributed by atoms with Gasteiger partial charge in [-0.2, -0.15) is 4.31 Å². The number of carbonyl (C=O) groups excluding carboxylic acids is 1. The molecular weight excluding hydrogens is 316 g/mol. The summed E-state index contributed by atoms with van der Waals surface area (Å²) in [5, 5.41) is 9.89. The van der Waals surface area contributed by atoms with Crippen LogP contribution in [0.15, 0.2) is 32.3 Å². The molecule has 1 fully saturated rings. The number of fused-ring (bicyclic) bond motifs is 1. The molecule has 118 valence electrons. The number of benzene rings is 1. The largest absolute Gasteiger partial charge is 0.467 e. The number of aromatic nitrogens is 1. The van der Waals surface area contributed by atoms with Gasteiger partial charge in [0.15, 0.2) is 11.2 Å². The highest BCUT2D eigenvalue weighted by molar-refractivity contribution is 7.89. The fraction of sp³-hybridized carbons (Fsp3) is 0.333. The number of nitrogens with one attached hydrogen (secondary N) is 1. The number of hydrogen-bond acceptors (Lipinski definition) is 7. The van der Waals surface area contributed by atoms with E-state index in [2.05, 4.69) is 9.72 Å². The summed E-state index contributed by atoms with van der Waals surface area (Å²) in [7, 11) is -2.78. The average Bonchev–Trinajstić information content (AvgIpc) is 2.81. The van der Waals surface area contributed by atoms with Gasteiger partial charge in [-0.1, -0.05) is 0 Å². The quantitative estimate of drug-likeness (QED) is 0.693.